The molecule has 0 bridgehead atoms. The lowest BCUT2D eigenvalue weighted by molar-refractivity contribution is 1.07. The van der Waals surface area contributed by atoms with Gasteiger partial charge in [-0.1, -0.05) is 60.2 Å². The van der Waals surface area contributed by atoms with Crippen LogP contribution in [0.15, 0.2) is 61.1 Å². The average molecular weight is 352 g/mol. The molecule has 0 fully saturated rings. The molecular weight excluding hydrogens is 338 g/mol. The van der Waals surface area contributed by atoms with Crippen LogP contribution < -0.4 is 0 Å². The lowest BCUT2D eigenvalue weighted by atomic mass is 10.1. The summed E-state index contributed by atoms with van der Waals surface area (Å²) in [6.45, 7) is 1.99. The summed E-state index contributed by atoms with van der Waals surface area (Å²) in [6, 6.07) is 16.2. The van der Waals surface area contributed by atoms with Gasteiger partial charge in [-0.05, 0) is 30.2 Å². The molecular formula is C19H14ClN3S. The largest absolute Gasteiger partial charge is 0.332 e. The fraction of sp³-hybridized carbons (Fsp3) is 0.0526. The van der Waals surface area contributed by atoms with Gasteiger partial charge in [-0.25, -0.2) is 4.98 Å². The van der Waals surface area contributed by atoms with Crippen molar-refractivity contribution in [2.75, 3.05) is 0 Å². The minimum absolute atomic E-state index is 0.583. The molecule has 24 heavy (non-hydrogen) atoms. The minimum atomic E-state index is 0.583. The molecule has 2 heterocycles. The third-order valence-corrected chi connectivity index (χ3v) is 4.84. The van der Waals surface area contributed by atoms with E-state index in [0.717, 1.165) is 38.4 Å². The highest BCUT2D eigenvalue weighted by atomic mass is 35.5. The monoisotopic (exact) mass is 351 g/mol. The topological polar surface area (TPSA) is 33.6 Å². The maximum absolute atomic E-state index is 6.31. The number of aromatic nitrogens is 3. The van der Waals surface area contributed by atoms with Gasteiger partial charge in [0, 0.05) is 22.5 Å². The van der Waals surface area contributed by atoms with Crippen molar-refractivity contribution in [2.24, 2.45) is 0 Å². The van der Waals surface area contributed by atoms with Gasteiger partial charge in [-0.2, -0.15) is 0 Å². The highest BCUT2D eigenvalue weighted by molar-refractivity contribution is 7.71. The van der Waals surface area contributed by atoms with Gasteiger partial charge in [-0.15, -0.1) is 0 Å². The Morgan fingerprint density at radius 3 is 2.67 bits per heavy atom. The molecule has 5 heteroatoms. The summed E-state index contributed by atoms with van der Waals surface area (Å²) < 4.78 is 2.65. The zero-order valence-electron chi connectivity index (χ0n) is 13.0. The third-order valence-electron chi connectivity index (χ3n) is 4.12. The van der Waals surface area contributed by atoms with Crippen LogP contribution in [0.1, 0.15) is 5.56 Å². The molecule has 118 valence electrons. The normalized spacial score (nSPS) is 11.1. The molecule has 4 aromatic rings. The van der Waals surface area contributed by atoms with Crippen LogP contribution in [0, 0.1) is 11.6 Å². The first-order valence-corrected chi connectivity index (χ1v) is 8.34. The number of nitrogens with one attached hydrogen (secondary N) is 1. The smallest absolute Gasteiger partial charge is 0.139 e. The SMILES string of the molecule is Cc1ccc(-n2cc(-c3ccccc3)c3c(=S)nc[nH]c32)cc1Cl. The van der Waals surface area contributed by atoms with E-state index in [-0.39, 0.29) is 0 Å². The lowest BCUT2D eigenvalue weighted by Crippen LogP contribution is -1.94. The number of fused-ring (bicyclic) bond motifs is 1. The second-order valence-electron chi connectivity index (χ2n) is 5.64. The predicted octanol–water partition coefficient (Wildman–Crippen LogP) is 5.71. The lowest BCUT2D eigenvalue weighted by Gasteiger charge is -2.07. The van der Waals surface area contributed by atoms with Crippen molar-refractivity contribution in [3.63, 3.8) is 0 Å². The molecule has 4 rings (SSSR count). The summed E-state index contributed by atoms with van der Waals surface area (Å²) in [6.07, 6.45) is 3.71. The maximum Gasteiger partial charge on any atom is 0.139 e. The van der Waals surface area contributed by atoms with Crippen LogP contribution in [0.3, 0.4) is 0 Å². The second-order valence-corrected chi connectivity index (χ2v) is 6.44. The van der Waals surface area contributed by atoms with Crippen molar-refractivity contribution < 1.29 is 0 Å². The van der Waals surface area contributed by atoms with E-state index in [4.69, 9.17) is 23.8 Å². The van der Waals surface area contributed by atoms with Crippen molar-refractivity contribution in [1.29, 1.82) is 0 Å². The molecule has 0 aliphatic carbocycles. The number of halogens is 1. The zero-order chi connectivity index (χ0) is 16.7. The number of aromatic amines is 1. The standard InChI is InChI=1S/C19H14ClN3S/c1-12-7-8-14(9-16(12)20)23-10-15(13-5-3-2-4-6-13)17-18(23)21-11-22-19(17)24/h2-11H,1H3,(H,21,22,24). The van der Waals surface area contributed by atoms with Gasteiger partial charge in [-0.3, -0.25) is 0 Å². The number of aryl methyl sites for hydroxylation is 1. The van der Waals surface area contributed by atoms with E-state index in [1.165, 1.54) is 0 Å². The van der Waals surface area contributed by atoms with Gasteiger partial charge >= 0.3 is 0 Å². The molecule has 0 saturated heterocycles. The van der Waals surface area contributed by atoms with E-state index in [1.54, 1.807) is 6.33 Å². The molecule has 2 aromatic carbocycles. The molecule has 0 saturated carbocycles. The summed E-state index contributed by atoms with van der Waals surface area (Å²) in [5.41, 5.74) is 5.10. The Bertz CT molecular complexity index is 1100. The van der Waals surface area contributed by atoms with Crippen LogP contribution in [0.25, 0.3) is 27.8 Å². The molecule has 3 nitrogen and oxygen atoms in total. The van der Waals surface area contributed by atoms with Gasteiger partial charge in [0.2, 0.25) is 0 Å². The van der Waals surface area contributed by atoms with Crippen molar-refractivity contribution >= 4 is 34.9 Å². The number of hydrogen-bond donors (Lipinski definition) is 1. The Labute approximate surface area is 149 Å². The second kappa shape index (κ2) is 5.89. The number of nitrogens with zero attached hydrogens (tertiary/aromatic N) is 2. The Kier molecular flexibility index (Phi) is 3.71. The Morgan fingerprint density at radius 1 is 1.12 bits per heavy atom. The number of hydrogen-bond acceptors (Lipinski definition) is 2. The summed E-state index contributed by atoms with van der Waals surface area (Å²) in [7, 11) is 0. The van der Waals surface area contributed by atoms with E-state index >= 15 is 0 Å². The molecule has 0 unspecified atom stereocenters. The highest BCUT2D eigenvalue weighted by Gasteiger charge is 2.14. The van der Waals surface area contributed by atoms with Crippen molar-refractivity contribution in [3.05, 3.63) is 76.3 Å². The van der Waals surface area contributed by atoms with Crippen LogP contribution >= 0.6 is 23.8 Å². The molecule has 0 aliphatic heterocycles. The van der Waals surface area contributed by atoms with Crippen LogP contribution in [-0.2, 0) is 0 Å². The number of benzene rings is 2. The van der Waals surface area contributed by atoms with Crippen molar-refractivity contribution in [1.82, 2.24) is 14.5 Å². The van der Waals surface area contributed by atoms with Gasteiger partial charge in [0.05, 0.1) is 11.7 Å². The van der Waals surface area contributed by atoms with Crippen LogP contribution in [-0.4, -0.2) is 14.5 Å². The van der Waals surface area contributed by atoms with Gasteiger partial charge < -0.3 is 9.55 Å². The fourth-order valence-electron chi connectivity index (χ4n) is 2.85. The molecule has 0 amide bonds. The molecule has 1 N–H and O–H groups in total. The van der Waals surface area contributed by atoms with Gasteiger partial charge in [0.1, 0.15) is 10.3 Å². The van der Waals surface area contributed by atoms with E-state index in [2.05, 4.69) is 32.9 Å². The van der Waals surface area contributed by atoms with Crippen molar-refractivity contribution in [3.8, 4) is 16.8 Å². The quantitative estimate of drug-likeness (QED) is 0.469. The van der Waals surface area contributed by atoms with Gasteiger partial charge in [0.15, 0.2) is 0 Å². The molecule has 2 aromatic heterocycles. The summed E-state index contributed by atoms with van der Waals surface area (Å²) in [5.74, 6) is 0. The summed E-state index contributed by atoms with van der Waals surface area (Å²) >= 11 is 11.8. The zero-order valence-corrected chi connectivity index (χ0v) is 14.5. The Morgan fingerprint density at radius 2 is 1.92 bits per heavy atom. The minimum Gasteiger partial charge on any atom is -0.332 e. The van der Waals surface area contributed by atoms with Crippen LogP contribution in [0.4, 0.5) is 0 Å². The van der Waals surface area contributed by atoms with Crippen LogP contribution in [0.5, 0.6) is 0 Å². The number of H-pyrrole nitrogens is 1. The van der Waals surface area contributed by atoms with Gasteiger partial charge in [0.25, 0.3) is 0 Å². The van der Waals surface area contributed by atoms with E-state index in [9.17, 15) is 0 Å². The van der Waals surface area contributed by atoms with E-state index < -0.39 is 0 Å². The maximum atomic E-state index is 6.31. The first kappa shape index (κ1) is 15.1. The third kappa shape index (κ3) is 2.44. The highest BCUT2D eigenvalue weighted by Crippen LogP contribution is 2.32. The Hall–Kier alpha value is -2.43. The van der Waals surface area contributed by atoms with Crippen molar-refractivity contribution in [2.45, 2.75) is 6.92 Å². The Balaban J connectivity index is 2.06. The van der Waals surface area contributed by atoms with Crippen LogP contribution in [0.2, 0.25) is 5.02 Å². The van der Waals surface area contributed by atoms with E-state index in [1.807, 2.05) is 43.3 Å². The first-order valence-electron chi connectivity index (χ1n) is 7.56. The van der Waals surface area contributed by atoms with E-state index in [0.29, 0.717) is 4.64 Å². The summed E-state index contributed by atoms with van der Waals surface area (Å²) in [5, 5.41) is 1.68. The fourth-order valence-corrected chi connectivity index (χ4v) is 3.29. The number of rotatable bonds is 2. The first-order chi connectivity index (χ1) is 11.6. The predicted molar refractivity (Wildman–Crippen MR) is 101 cm³/mol. The average Bonchev–Trinajstić information content (AvgIpc) is 2.99. The molecule has 0 atom stereocenters. The molecule has 0 radical (unpaired) electrons. The molecule has 0 spiro atoms. The molecule has 0 aliphatic rings. The summed E-state index contributed by atoms with van der Waals surface area (Å²) in [4.78, 5) is 7.48.